The van der Waals surface area contributed by atoms with Crippen molar-refractivity contribution in [3.05, 3.63) is 11.2 Å². The molecule has 0 aromatic rings. The van der Waals surface area contributed by atoms with Crippen molar-refractivity contribution in [2.24, 2.45) is 23.2 Å². The average molecular weight is 597 g/mol. The Labute approximate surface area is 230 Å². The van der Waals surface area contributed by atoms with Gasteiger partial charge in [0.15, 0.2) is 0 Å². The molecule has 1 aliphatic carbocycles. The van der Waals surface area contributed by atoms with E-state index in [1.165, 1.54) is 25.7 Å². The van der Waals surface area contributed by atoms with Gasteiger partial charge >= 0.3 is 12.1 Å². The first-order valence-electron chi connectivity index (χ1n) is 13.1. The topological polar surface area (TPSA) is 142 Å². The van der Waals surface area contributed by atoms with Crippen molar-refractivity contribution < 1.29 is 45.2 Å². The minimum Gasteiger partial charge on any atom is -0.356 e. The molecule has 0 aromatic carbocycles. The molecule has 0 unspecified atom stereocenters. The predicted molar refractivity (Wildman–Crippen MR) is 135 cm³/mol. The van der Waals surface area contributed by atoms with E-state index >= 15 is 0 Å². The van der Waals surface area contributed by atoms with Gasteiger partial charge in [0.05, 0.1) is 6.04 Å². The number of hydrogen-bond donors (Lipinski definition) is 3. The molecule has 0 bridgehead atoms. The molecule has 2 saturated heterocycles. The Balaban J connectivity index is 1.91. The van der Waals surface area contributed by atoms with Gasteiger partial charge in [-0.1, -0.05) is 27.2 Å². The first-order valence-corrected chi connectivity index (χ1v) is 15.0. The van der Waals surface area contributed by atoms with Gasteiger partial charge in [0.2, 0.25) is 32.7 Å². The van der Waals surface area contributed by atoms with E-state index in [4.69, 9.17) is 0 Å². The molecular formula is C25H36F4N4O6S. The normalized spacial score (nSPS) is 27.1. The van der Waals surface area contributed by atoms with Gasteiger partial charge in [-0.3, -0.25) is 19.2 Å². The first kappa shape index (κ1) is 31.8. The molecule has 2 aliphatic heterocycles. The fraction of sp³-hybridized carbons (Fsp3) is 0.760. The van der Waals surface area contributed by atoms with Crippen molar-refractivity contribution in [1.29, 1.82) is 0 Å². The average Bonchev–Trinajstić information content (AvgIpc) is 3.50. The highest BCUT2D eigenvalue weighted by Gasteiger charge is 2.53. The van der Waals surface area contributed by atoms with Gasteiger partial charge in [-0.15, -0.1) is 0 Å². The molecule has 0 spiro atoms. The number of amides is 4. The molecule has 3 fully saturated rings. The summed E-state index contributed by atoms with van der Waals surface area (Å²) in [6, 6.07) is -3.95. The Bertz CT molecular complexity index is 1170. The molecule has 15 heteroatoms. The molecule has 3 rings (SSSR count). The monoisotopic (exact) mass is 596 g/mol. The molecule has 1 saturated carbocycles. The summed E-state index contributed by atoms with van der Waals surface area (Å²) in [7, 11) is -4.24. The van der Waals surface area contributed by atoms with E-state index in [-0.39, 0.29) is 30.7 Å². The number of sulfone groups is 1. The molecule has 4 amide bonds. The number of likely N-dealkylation sites (tertiary alicyclic amines) is 1. The van der Waals surface area contributed by atoms with Crippen LogP contribution in [0, 0.1) is 23.2 Å². The minimum atomic E-state index is -5.22. The Morgan fingerprint density at radius 1 is 1.12 bits per heavy atom. The van der Waals surface area contributed by atoms with Gasteiger partial charge in [-0.05, 0) is 49.0 Å². The van der Waals surface area contributed by atoms with Crippen molar-refractivity contribution in [1.82, 2.24) is 20.9 Å². The van der Waals surface area contributed by atoms with E-state index in [9.17, 15) is 45.2 Å². The van der Waals surface area contributed by atoms with Crippen LogP contribution in [0.3, 0.4) is 0 Å². The Morgan fingerprint density at radius 3 is 2.30 bits per heavy atom. The van der Waals surface area contributed by atoms with Crippen LogP contribution >= 0.6 is 0 Å². The van der Waals surface area contributed by atoms with E-state index in [1.807, 2.05) is 0 Å². The molecule has 10 nitrogen and oxygen atoms in total. The summed E-state index contributed by atoms with van der Waals surface area (Å²) in [5.74, 6) is -5.25. The smallest absolute Gasteiger partial charge is 0.356 e. The summed E-state index contributed by atoms with van der Waals surface area (Å²) >= 11 is 0. The second-order valence-electron chi connectivity index (χ2n) is 11.9. The highest BCUT2D eigenvalue weighted by atomic mass is 32.2. The maximum atomic E-state index is 14.5. The number of carbonyl (C=O) groups excluding carboxylic acids is 4. The largest absolute Gasteiger partial charge is 0.471 e. The number of carbonyl (C=O) groups is 4. The molecule has 0 aromatic heterocycles. The summed E-state index contributed by atoms with van der Waals surface area (Å²) in [5.41, 5.74) is -1.14. The zero-order chi connectivity index (χ0) is 30.2. The van der Waals surface area contributed by atoms with Crippen LogP contribution in [-0.4, -0.2) is 80.6 Å². The highest BCUT2D eigenvalue weighted by molar-refractivity contribution is 7.94. The summed E-state index contributed by atoms with van der Waals surface area (Å²) in [6.45, 7) is 4.91. The number of nitrogens with one attached hydrogen (secondary N) is 3. The van der Waals surface area contributed by atoms with Crippen molar-refractivity contribution in [2.75, 3.05) is 19.3 Å². The second-order valence-corrected chi connectivity index (χ2v) is 13.9. The van der Waals surface area contributed by atoms with E-state index in [1.54, 1.807) is 5.32 Å². The Kier molecular flexibility index (Phi) is 9.26. The van der Waals surface area contributed by atoms with Crippen molar-refractivity contribution in [3.63, 3.8) is 0 Å². The zero-order valence-electron chi connectivity index (χ0n) is 22.8. The van der Waals surface area contributed by atoms with Gasteiger partial charge in [-0.2, -0.15) is 17.6 Å². The van der Waals surface area contributed by atoms with E-state index < -0.39 is 68.4 Å². The van der Waals surface area contributed by atoms with Crippen molar-refractivity contribution >= 4 is 33.5 Å². The number of fused-ring (bicyclic) bond motifs is 1. The number of alkyl halides is 3. The van der Waals surface area contributed by atoms with Crippen LogP contribution in [0.2, 0.25) is 0 Å². The summed E-state index contributed by atoms with van der Waals surface area (Å²) < 4.78 is 77.1. The predicted octanol–water partition coefficient (Wildman–Crippen LogP) is 1.57. The highest BCUT2D eigenvalue weighted by Crippen LogP contribution is 2.43. The van der Waals surface area contributed by atoms with Gasteiger partial charge in [0, 0.05) is 25.3 Å². The van der Waals surface area contributed by atoms with Crippen LogP contribution < -0.4 is 16.0 Å². The standard InChI is InChI=1S/C25H36F4N4O6S/c1-24(2,3)19(32-23(37)25(27,28)29)22(36)33-12-14-6-5-7-16(14)18(33)21(35)31-15(11-17(26)40(4,38)39)10-13-8-9-30-20(13)34/h11,13-16,18-19H,5-10,12H2,1-4H3,(H,30,34)(H,31,35)(H,32,37)/b17-11-/t13-,14+,15-,16+,18-,19-/m1/s1. The third-order valence-corrected chi connectivity index (χ3v) is 8.65. The van der Waals surface area contributed by atoms with E-state index in [0.29, 0.717) is 38.1 Å². The fourth-order valence-corrected chi connectivity index (χ4v) is 6.20. The molecular weight excluding hydrogens is 560 g/mol. The third kappa shape index (κ3) is 7.32. The van der Waals surface area contributed by atoms with Crippen LogP contribution in [0.5, 0.6) is 0 Å². The number of hydrogen-bond acceptors (Lipinski definition) is 6. The fourth-order valence-electron chi connectivity index (χ4n) is 5.79. The van der Waals surface area contributed by atoms with Gasteiger partial charge in [0.25, 0.3) is 0 Å². The SMILES string of the molecule is CC(C)(C)[C@H](NC(=O)C(F)(F)F)C(=O)N1C[C@@H]2CCC[C@@H]2[C@@H]1C(=O)N[C@@H](/C=C(/F)S(C)(=O)=O)C[C@H]1CCNC1=O. The number of rotatable bonds is 8. The number of halogens is 4. The lowest BCUT2D eigenvalue weighted by atomic mass is 9.85. The molecule has 226 valence electrons. The van der Waals surface area contributed by atoms with Crippen LogP contribution in [0.15, 0.2) is 11.2 Å². The lowest BCUT2D eigenvalue weighted by molar-refractivity contribution is -0.176. The van der Waals surface area contributed by atoms with E-state index in [0.717, 1.165) is 6.42 Å². The Morgan fingerprint density at radius 2 is 1.77 bits per heavy atom. The maximum absolute atomic E-state index is 14.5. The van der Waals surface area contributed by atoms with Gasteiger partial charge in [0.1, 0.15) is 12.1 Å². The minimum absolute atomic E-state index is 0.0826. The lowest BCUT2D eigenvalue weighted by Crippen LogP contribution is -2.60. The quantitative estimate of drug-likeness (QED) is 0.364. The van der Waals surface area contributed by atoms with E-state index in [2.05, 4.69) is 10.6 Å². The lowest BCUT2D eigenvalue weighted by Gasteiger charge is -2.36. The molecule has 3 N–H and O–H groups in total. The molecule has 40 heavy (non-hydrogen) atoms. The summed E-state index contributed by atoms with van der Waals surface area (Å²) in [6.07, 6.45) is -1.55. The summed E-state index contributed by atoms with van der Waals surface area (Å²) in [4.78, 5) is 52.4. The van der Waals surface area contributed by atoms with Crippen molar-refractivity contribution in [2.45, 2.75) is 77.2 Å². The van der Waals surface area contributed by atoms with Crippen LogP contribution in [0.25, 0.3) is 0 Å². The first-order chi connectivity index (χ1) is 18.3. The zero-order valence-corrected chi connectivity index (χ0v) is 23.6. The number of nitrogens with zero attached hydrogens (tertiary/aromatic N) is 1. The molecule has 3 aliphatic rings. The van der Waals surface area contributed by atoms with Gasteiger partial charge in [-0.25, -0.2) is 8.42 Å². The van der Waals surface area contributed by atoms with Crippen LogP contribution in [-0.2, 0) is 29.0 Å². The molecule has 6 atom stereocenters. The van der Waals surface area contributed by atoms with Crippen LogP contribution in [0.4, 0.5) is 17.6 Å². The third-order valence-electron chi connectivity index (χ3n) is 7.80. The molecule has 0 radical (unpaired) electrons. The maximum Gasteiger partial charge on any atom is 0.471 e. The second kappa shape index (κ2) is 11.6. The summed E-state index contributed by atoms with van der Waals surface area (Å²) in [5, 5.41) is 5.50. The van der Waals surface area contributed by atoms with Crippen molar-refractivity contribution in [3.8, 4) is 0 Å². The van der Waals surface area contributed by atoms with Gasteiger partial charge < -0.3 is 20.9 Å². The molecule has 2 heterocycles. The van der Waals surface area contributed by atoms with Crippen LogP contribution in [0.1, 0.15) is 52.9 Å². The Hall–Kier alpha value is -2.71.